The summed E-state index contributed by atoms with van der Waals surface area (Å²) in [5.74, 6) is 0.492. The van der Waals surface area contributed by atoms with E-state index in [0.29, 0.717) is 16.7 Å². The SMILES string of the molecule is CC(Sc1nnc(CNc2ccc(Cl)cc2)n1-c1ccccc1)C(=O)NN=Cc1ccc2ccccc2c1. The summed E-state index contributed by atoms with van der Waals surface area (Å²) in [7, 11) is 0. The van der Waals surface area contributed by atoms with E-state index in [1.165, 1.54) is 11.8 Å². The van der Waals surface area contributed by atoms with Gasteiger partial charge in [0.15, 0.2) is 11.0 Å². The van der Waals surface area contributed by atoms with Gasteiger partial charge in [-0.3, -0.25) is 9.36 Å². The van der Waals surface area contributed by atoms with Crippen LogP contribution in [0.5, 0.6) is 0 Å². The molecule has 38 heavy (non-hydrogen) atoms. The fourth-order valence-corrected chi connectivity index (χ4v) is 4.84. The molecular weight excluding hydrogens is 516 g/mol. The maximum Gasteiger partial charge on any atom is 0.253 e. The molecule has 5 rings (SSSR count). The number of fused-ring (bicyclic) bond motifs is 1. The quantitative estimate of drug-likeness (QED) is 0.130. The number of benzene rings is 4. The number of rotatable bonds is 9. The third kappa shape index (κ3) is 6.22. The van der Waals surface area contributed by atoms with Crippen LogP contribution in [0, 0.1) is 0 Å². The highest BCUT2D eigenvalue weighted by Crippen LogP contribution is 2.26. The second-order valence-electron chi connectivity index (χ2n) is 8.53. The molecule has 1 aromatic heterocycles. The number of carbonyl (C=O) groups excluding carboxylic acids is 1. The largest absolute Gasteiger partial charge is 0.378 e. The Kier molecular flexibility index (Phi) is 8.01. The number of hydrazone groups is 1. The van der Waals surface area contributed by atoms with Crippen molar-refractivity contribution in [2.24, 2.45) is 5.10 Å². The smallest absolute Gasteiger partial charge is 0.253 e. The van der Waals surface area contributed by atoms with Gasteiger partial charge in [0.2, 0.25) is 0 Å². The number of hydrogen-bond acceptors (Lipinski definition) is 6. The third-order valence-electron chi connectivity index (χ3n) is 5.82. The average molecular weight is 541 g/mol. The minimum absolute atomic E-state index is 0.226. The van der Waals surface area contributed by atoms with E-state index in [-0.39, 0.29) is 5.91 Å². The maximum absolute atomic E-state index is 12.8. The molecule has 0 fully saturated rings. The molecule has 1 unspecified atom stereocenters. The molecule has 0 saturated carbocycles. The van der Waals surface area contributed by atoms with Gasteiger partial charge in [-0.1, -0.05) is 78.0 Å². The Morgan fingerprint density at radius 1 is 0.974 bits per heavy atom. The molecule has 0 aliphatic rings. The predicted octanol–water partition coefficient (Wildman–Crippen LogP) is 6.32. The number of amides is 1. The Hall–Kier alpha value is -4.14. The molecule has 0 bridgehead atoms. The van der Waals surface area contributed by atoms with Gasteiger partial charge in [-0.2, -0.15) is 5.10 Å². The first-order valence-electron chi connectivity index (χ1n) is 12.0. The zero-order valence-electron chi connectivity index (χ0n) is 20.6. The number of hydrogen-bond donors (Lipinski definition) is 2. The van der Waals surface area contributed by atoms with E-state index >= 15 is 0 Å². The monoisotopic (exact) mass is 540 g/mol. The van der Waals surface area contributed by atoms with Crippen LogP contribution in [0.2, 0.25) is 5.02 Å². The van der Waals surface area contributed by atoms with Gasteiger partial charge >= 0.3 is 0 Å². The van der Waals surface area contributed by atoms with E-state index in [0.717, 1.165) is 33.5 Å². The van der Waals surface area contributed by atoms with Gasteiger partial charge in [-0.05, 0) is 65.7 Å². The van der Waals surface area contributed by atoms with Crippen LogP contribution in [0.1, 0.15) is 18.3 Å². The maximum atomic E-state index is 12.8. The van der Waals surface area contributed by atoms with Crippen molar-refractivity contribution in [1.82, 2.24) is 20.2 Å². The molecule has 9 heteroatoms. The van der Waals surface area contributed by atoms with Crippen LogP contribution in [-0.2, 0) is 11.3 Å². The molecule has 0 spiro atoms. The topological polar surface area (TPSA) is 84.2 Å². The molecular formula is C29H25ClN6OS. The van der Waals surface area contributed by atoms with Gasteiger partial charge in [0, 0.05) is 16.4 Å². The Morgan fingerprint density at radius 2 is 1.71 bits per heavy atom. The first-order chi connectivity index (χ1) is 18.6. The normalized spacial score (nSPS) is 12.1. The van der Waals surface area contributed by atoms with E-state index < -0.39 is 5.25 Å². The summed E-state index contributed by atoms with van der Waals surface area (Å²) in [6.45, 7) is 2.27. The van der Waals surface area contributed by atoms with Crippen molar-refractivity contribution < 1.29 is 4.79 Å². The lowest BCUT2D eigenvalue weighted by Crippen LogP contribution is -2.27. The summed E-state index contributed by atoms with van der Waals surface area (Å²) in [5.41, 5.74) is 5.39. The van der Waals surface area contributed by atoms with Crippen molar-refractivity contribution in [3.8, 4) is 5.69 Å². The second-order valence-corrected chi connectivity index (χ2v) is 10.3. The van der Waals surface area contributed by atoms with Crippen LogP contribution >= 0.6 is 23.4 Å². The molecule has 0 aliphatic heterocycles. The molecule has 190 valence electrons. The summed E-state index contributed by atoms with van der Waals surface area (Å²) >= 11 is 7.32. The highest BCUT2D eigenvalue weighted by molar-refractivity contribution is 8.00. The molecule has 7 nitrogen and oxygen atoms in total. The van der Waals surface area contributed by atoms with Crippen molar-refractivity contribution in [3.05, 3.63) is 113 Å². The number of thioether (sulfide) groups is 1. The van der Waals surface area contributed by atoms with Gasteiger partial charge in [0.25, 0.3) is 5.91 Å². The third-order valence-corrected chi connectivity index (χ3v) is 7.12. The van der Waals surface area contributed by atoms with E-state index in [2.05, 4.69) is 32.1 Å². The van der Waals surface area contributed by atoms with Crippen molar-refractivity contribution in [1.29, 1.82) is 0 Å². The highest BCUT2D eigenvalue weighted by atomic mass is 35.5. The number of carbonyl (C=O) groups is 1. The Bertz CT molecular complexity index is 1570. The van der Waals surface area contributed by atoms with Crippen LogP contribution in [0.4, 0.5) is 5.69 Å². The number of para-hydroxylation sites is 1. The van der Waals surface area contributed by atoms with Crippen molar-refractivity contribution in [2.45, 2.75) is 23.9 Å². The zero-order valence-corrected chi connectivity index (χ0v) is 22.2. The van der Waals surface area contributed by atoms with Gasteiger partial charge in [0.1, 0.15) is 0 Å². The molecule has 1 atom stereocenters. The Morgan fingerprint density at radius 3 is 2.50 bits per heavy atom. The molecule has 4 aromatic carbocycles. The second kappa shape index (κ2) is 11.9. The van der Waals surface area contributed by atoms with E-state index in [1.807, 2.05) is 102 Å². The predicted molar refractivity (Wildman–Crippen MR) is 155 cm³/mol. The molecule has 0 aliphatic carbocycles. The van der Waals surface area contributed by atoms with Crippen LogP contribution < -0.4 is 10.7 Å². The first-order valence-corrected chi connectivity index (χ1v) is 13.3. The van der Waals surface area contributed by atoms with Gasteiger partial charge in [-0.25, -0.2) is 5.43 Å². The van der Waals surface area contributed by atoms with Crippen molar-refractivity contribution in [2.75, 3.05) is 5.32 Å². The lowest BCUT2D eigenvalue weighted by atomic mass is 10.1. The van der Waals surface area contributed by atoms with Crippen LogP contribution in [-0.4, -0.2) is 32.1 Å². The molecule has 1 heterocycles. The summed E-state index contributed by atoms with van der Waals surface area (Å²) in [6, 6.07) is 31.5. The molecule has 0 radical (unpaired) electrons. The number of nitrogens with zero attached hydrogens (tertiary/aromatic N) is 4. The van der Waals surface area contributed by atoms with Gasteiger partial charge in [0.05, 0.1) is 18.0 Å². The summed E-state index contributed by atoms with van der Waals surface area (Å²) in [4.78, 5) is 12.8. The fraction of sp³-hybridized carbons (Fsp3) is 0.103. The Labute approximate surface area is 229 Å². The Balaban J connectivity index is 1.27. The van der Waals surface area contributed by atoms with E-state index in [1.54, 1.807) is 6.21 Å². The van der Waals surface area contributed by atoms with Crippen LogP contribution in [0.15, 0.2) is 107 Å². The molecule has 5 aromatic rings. The van der Waals surface area contributed by atoms with E-state index in [9.17, 15) is 4.79 Å². The summed E-state index contributed by atoms with van der Waals surface area (Å²) < 4.78 is 1.95. The highest BCUT2D eigenvalue weighted by Gasteiger charge is 2.21. The number of aromatic nitrogens is 3. The van der Waals surface area contributed by atoms with Crippen molar-refractivity contribution >= 4 is 51.9 Å². The number of nitrogens with one attached hydrogen (secondary N) is 2. The lowest BCUT2D eigenvalue weighted by Gasteiger charge is -2.13. The van der Waals surface area contributed by atoms with E-state index in [4.69, 9.17) is 11.6 Å². The minimum atomic E-state index is -0.451. The van der Waals surface area contributed by atoms with Crippen LogP contribution in [0.3, 0.4) is 0 Å². The summed E-state index contributed by atoms with van der Waals surface area (Å²) in [5, 5.41) is 19.4. The average Bonchev–Trinajstić information content (AvgIpc) is 3.35. The van der Waals surface area contributed by atoms with Crippen LogP contribution in [0.25, 0.3) is 16.5 Å². The number of anilines is 1. The minimum Gasteiger partial charge on any atom is -0.378 e. The zero-order chi connectivity index (χ0) is 26.3. The van der Waals surface area contributed by atoms with Gasteiger partial charge in [-0.15, -0.1) is 10.2 Å². The number of halogens is 1. The molecule has 1 amide bonds. The van der Waals surface area contributed by atoms with Gasteiger partial charge < -0.3 is 5.32 Å². The molecule has 0 saturated heterocycles. The van der Waals surface area contributed by atoms with Crippen molar-refractivity contribution in [3.63, 3.8) is 0 Å². The summed E-state index contributed by atoms with van der Waals surface area (Å²) in [6.07, 6.45) is 1.65. The lowest BCUT2D eigenvalue weighted by molar-refractivity contribution is -0.120. The standard InChI is InChI=1S/C29H25ClN6OS/c1-20(28(37)34-32-18-21-11-12-22-7-5-6-8-23(22)17-21)38-29-35-33-27(36(29)26-9-3-2-4-10-26)19-31-25-15-13-24(30)14-16-25/h2-18,20,31H,19H2,1H3,(H,34,37). The molecule has 2 N–H and O–H groups in total. The fourth-order valence-electron chi connectivity index (χ4n) is 3.84. The first kappa shape index (κ1) is 25.5.